The molecule has 0 aliphatic carbocycles. The van der Waals surface area contributed by atoms with E-state index in [1.165, 1.54) is 11.8 Å². The predicted molar refractivity (Wildman–Crippen MR) is 56.3 cm³/mol. The fourth-order valence-corrected chi connectivity index (χ4v) is 1.53. The number of thioether (sulfide) groups is 1. The Morgan fingerprint density at radius 2 is 2.31 bits per heavy atom. The van der Waals surface area contributed by atoms with Crippen LogP contribution in [0.3, 0.4) is 0 Å². The van der Waals surface area contributed by atoms with E-state index in [2.05, 4.69) is 5.32 Å². The van der Waals surface area contributed by atoms with Crippen molar-refractivity contribution in [1.29, 1.82) is 0 Å². The van der Waals surface area contributed by atoms with Crippen molar-refractivity contribution in [1.82, 2.24) is 5.32 Å². The Bertz CT molecular complexity index is 162. The fourth-order valence-electron chi connectivity index (χ4n) is 0.939. The molecule has 0 bridgehead atoms. The second-order valence-corrected chi connectivity index (χ2v) is 3.91. The van der Waals surface area contributed by atoms with Crippen LogP contribution in [-0.2, 0) is 9.59 Å². The number of amides is 1. The van der Waals surface area contributed by atoms with E-state index in [9.17, 15) is 9.59 Å². The normalized spacial score (nSPS) is 12.2. The molecule has 0 heterocycles. The van der Waals surface area contributed by atoms with Crippen molar-refractivity contribution >= 4 is 23.3 Å². The van der Waals surface area contributed by atoms with Crippen LogP contribution in [0.5, 0.6) is 0 Å². The Labute approximate surface area is 83.7 Å². The number of carbonyl (C=O) groups is 2. The minimum absolute atomic E-state index is 0.103. The lowest BCUT2D eigenvalue weighted by molar-refractivity contribution is -0.121. The highest BCUT2D eigenvalue weighted by atomic mass is 32.2. The van der Waals surface area contributed by atoms with Gasteiger partial charge in [-0.15, -0.1) is 0 Å². The molecule has 1 unspecified atom stereocenters. The van der Waals surface area contributed by atoms with E-state index in [4.69, 9.17) is 0 Å². The molecule has 0 aliphatic heterocycles. The van der Waals surface area contributed by atoms with Gasteiger partial charge in [0.15, 0.2) is 5.62 Å². The smallest absolute Gasteiger partial charge is 0.220 e. The summed E-state index contributed by atoms with van der Waals surface area (Å²) < 4.78 is 0. The third-order valence-electron chi connectivity index (χ3n) is 1.62. The Morgan fingerprint density at radius 1 is 1.62 bits per heavy atom. The maximum Gasteiger partial charge on any atom is 0.220 e. The van der Waals surface area contributed by atoms with Crippen molar-refractivity contribution in [3.63, 3.8) is 0 Å². The van der Waals surface area contributed by atoms with Gasteiger partial charge in [0.25, 0.3) is 0 Å². The summed E-state index contributed by atoms with van der Waals surface area (Å²) in [5, 5.41) is 2.87. The van der Waals surface area contributed by atoms with Crippen LogP contribution in [0.25, 0.3) is 0 Å². The van der Waals surface area contributed by atoms with E-state index in [0.717, 1.165) is 24.2 Å². The van der Waals surface area contributed by atoms with Crippen molar-refractivity contribution < 1.29 is 9.59 Å². The average molecular weight is 203 g/mol. The fraction of sp³-hybridized carbons (Fsp3) is 0.778. The van der Waals surface area contributed by atoms with E-state index in [0.29, 0.717) is 6.42 Å². The Morgan fingerprint density at radius 3 is 2.85 bits per heavy atom. The van der Waals surface area contributed by atoms with E-state index in [1.807, 2.05) is 13.8 Å². The number of hydrogen-bond acceptors (Lipinski definition) is 3. The summed E-state index contributed by atoms with van der Waals surface area (Å²) in [4.78, 5) is 21.1. The third kappa shape index (κ3) is 7.84. The number of rotatable bonds is 7. The molecule has 0 saturated heterocycles. The van der Waals surface area contributed by atoms with Crippen LogP contribution < -0.4 is 5.32 Å². The summed E-state index contributed by atoms with van der Waals surface area (Å²) in [7, 11) is 0. The van der Waals surface area contributed by atoms with Crippen molar-refractivity contribution in [3.8, 4) is 0 Å². The van der Waals surface area contributed by atoms with E-state index >= 15 is 0 Å². The van der Waals surface area contributed by atoms with Gasteiger partial charge in [-0.1, -0.05) is 18.7 Å². The van der Waals surface area contributed by atoms with Gasteiger partial charge in [-0.2, -0.15) is 0 Å². The molecular weight excluding hydrogens is 186 g/mol. The molecule has 0 spiro atoms. The monoisotopic (exact) mass is 203 g/mol. The lowest BCUT2D eigenvalue weighted by Crippen LogP contribution is -2.32. The van der Waals surface area contributed by atoms with Crippen LogP contribution in [-0.4, -0.2) is 23.3 Å². The molecule has 0 aromatic carbocycles. The molecule has 76 valence electrons. The second-order valence-electron chi connectivity index (χ2n) is 2.97. The van der Waals surface area contributed by atoms with Gasteiger partial charge in [-0.05, 0) is 19.8 Å². The average Bonchev–Trinajstić information content (AvgIpc) is 2.05. The summed E-state index contributed by atoms with van der Waals surface area (Å²) >= 11 is 1.25. The molecule has 3 nitrogen and oxygen atoms in total. The molecule has 0 rings (SSSR count). The lowest BCUT2D eigenvalue weighted by Gasteiger charge is -2.12. The van der Waals surface area contributed by atoms with Crippen LogP contribution >= 0.6 is 11.8 Å². The van der Waals surface area contributed by atoms with Crippen molar-refractivity contribution in [2.75, 3.05) is 5.75 Å². The molecule has 1 amide bonds. The van der Waals surface area contributed by atoms with Gasteiger partial charge in [-0.25, -0.2) is 0 Å². The Hall–Kier alpha value is -0.510. The molecule has 0 saturated carbocycles. The third-order valence-corrected chi connectivity index (χ3v) is 2.23. The number of hydrogen-bond donors (Lipinski definition) is 1. The number of carbonyl (C=O) groups excluding carboxylic acids is 2. The molecule has 13 heavy (non-hydrogen) atoms. The van der Waals surface area contributed by atoms with Gasteiger partial charge >= 0.3 is 0 Å². The zero-order valence-corrected chi connectivity index (χ0v) is 9.02. The first-order chi connectivity index (χ1) is 6.20. The SMILES string of the molecule is CCCC(=O)NC(C)CCSC=O. The minimum atomic E-state index is 0.103. The van der Waals surface area contributed by atoms with E-state index < -0.39 is 0 Å². The lowest BCUT2D eigenvalue weighted by atomic mass is 10.2. The summed E-state index contributed by atoms with van der Waals surface area (Å²) in [5.74, 6) is 0.878. The summed E-state index contributed by atoms with van der Waals surface area (Å²) in [6, 6.07) is 0.173. The standard InChI is InChI=1S/C9H17NO2S/c1-3-4-9(12)10-8(2)5-6-13-7-11/h7-8H,3-6H2,1-2H3,(H,10,12). The minimum Gasteiger partial charge on any atom is -0.354 e. The first-order valence-electron chi connectivity index (χ1n) is 4.55. The maximum atomic E-state index is 11.1. The second kappa shape index (κ2) is 8.10. The molecule has 1 N–H and O–H groups in total. The largest absolute Gasteiger partial charge is 0.354 e. The van der Waals surface area contributed by atoms with Crippen LogP contribution in [0, 0.1) is 0 Å². The molecule has 4 heteroatoms. The van der Waals surface area contributed by atoms with Crippen LogP contribution in [0.15, 0.2) is 0 Å². The molecule has 0 fully saturated rings. The Balaban J connectivity index is 3.43. The van der Waals surface area contributed by atoms with E-state index in [-0.39, 0.29) is 11.9 Å². The van der Waals surface area contributed by atoms with Crippen molar-refractivity contribution in [2.45, 2.75) is 39.2 Å². The van der Waals surface area contributed by atoms with Crippen molar-refractivity contribution in [2.24, 2.45) is 0 Å². The molecule has 0 aliphatic rings. The maximum absolute atomic E-state index is 11.1. The summed E-state index contributed by atoms with van der Waals surface area (Å²) in [6.07, 6.45) is 2.31. The van der Waals surface area contributed by atoms with Crippen LogP contribution in [0.2, 0.25) is 0 Å². The first-order valence-corrected chi connectivity index (χ1v) is 5.60. The van der Waals surface area contributed by atoms with Gasteiger partial charge in [0.1, 0.15) is 0 Å². The molecule has 1 atom stereocenters. The van der Waals surface area contributed by atoms with Crippen molar-refractivity contribution in [3.05, 3.63) is 0 Å². The van der Waals surface area contributed by atoms with Gasteiger partial charge < -0.3 is 5.32 Å². The van der Waals surface area contributed by atoms with Crippen LogP contribution in [0.1, 0.15) is 33.1 Å². The highest BCUT2D eigenvalue weighted by molar-refractivity contribution is 8.11. The zero-order chi connectivity index (χ0) is 10.1. The summed E-state index contributed by atoms with van der Waals surface area (Å²) in [6.45, 7) is 3.94. The Kier molecular flexibility index (Phi) is 7.79. The molecular formula is C9H17NO2S. The highest BCUT2D eigenvalue weighted by Crippen LogP contribution is 2.01. The highest BCUT2D eigenvalue weighted by Gasteiger charge is 2.05. The van der Waals surface area contributed by atoms with Gasteiger partial charge in [-0.3, -0.25) is 9.59 Å². The molecule has 0 aromatic rings. The van der Waals surface area contributed by atoms with Gasteiger partial charge in [0.2, 0.25) is 5.91 Å². The topological polar surface area (TPSA) is 46.2 Å². The zero-order valence-electron chi connectivity index (χ0n) is 8.21. The van der Waals surface area contributed by atoms with Crippen LogP contribution in [0.4, 0.5) is 0 Å². The molecule has 0 aromatic heterocycles. The quantitative estimate of drug-likeness (QED) is 0.505. The van der Waals surface area contributed by atoms with Gasteiger partial charge in [0, 0.05) is 18.2 Å². The van der Waals surface area contributed by atoms with E-state index in [1.54, 1.807) is 0 Å². The molecule has 0 radical (unpaired) electrons. The summed E-state index contributed by atoms with van der Waals surface area (Å²) in [5.41, 5.74) is 0.834. The number of nitrogens with one attached hydrogen (secondary N) is 1. The predicted octanol–water partition coefficient (Wildman–Crippen LogP) is 1.60. The van der Waals surface area contributed by atoms with Gasteiger partial charge in [0.05, 0.1) is 0 Å². The first kappa shape index (κ1) is 12.5.